The molecule has 0 fully saturated rings. The molecule has 0 radical (unpaired) electrons. The van der Waals surface area contributed by atoms with Gasteiger partial charge in [0.25, 0.3) is 0 Å². The van der Waals surface area contributed by atoms with E-state index in [4.69, 9.17) is 9.47 Å². The maximum atomic E-state index is 10.4. The lowest BCUT2D eigenvalue weighted by atomic mass is 10.7. The molecule has 0 amide bonds. The number of likely N-dealkylation sites (N-methyl/N-ethyl adjacent to an activating group) is 1. The summed E-state index contributed by atoms with van der Waals surface area (Å²) < 4.78 is 10.1. The summed E-state index contributed by atoms with van der Waals surface area (Å²) in [6, 6.07) is 0. The third-order valence-electron chi connectivity index (χ3n) is 1.08. The molecule has 0 aliphatic rings. The Morgan fingerprint density at radius 2 is 2.00 bits per heavy atom. The van der Waals surface area contributed by atoms with Crippen LogP contribution in [0.15, 0.2) is 0 Å². The quantitative estimate of drug-likeness (QED) is 0.393. The van der Waals surface area contributed by atoms with Gasteiger partial charge in [0.05, 0.1) is 19.8 Å². The standard InChI is InChI=1S/C7H14INO3/c1-9-2-3-11-4-5-12-6-7(8)10/h9H,2-6H2,1H3. The Morgan fingerprint density at radius 3 is 2.58 bits per heavy atom. The molecule has 0 bridgehead atoms. The highest BCUT2D eigenvalue weighted by Crippen LogP contribution is 1.86. The van der Waals surface area contributed by atoms with Crippen LogP contribution >= 0.6 is 22.6 Å². The summed E-state index contributed by atoms with van der Waals surface area (Å²) in [6.45, 7) is 2.73. The number of carbonyl (C=O) groups is 1. The van der Waals surface area contributed by atoms with Crippen LogP contribution in [0.4, 0.5) is 0 Å². The maximum absolute atomic E-state index is 10.4. The number of ether oxygens (including phenoxy) is 2. The lowest BCUT2D eigenvalue weighted by molar-refractivity contribution is -0.114. The van der Waals surface area contributed by atoms with Crippen molar-refractivity contribution in [3.8, 4) is 0 Å². The molecular weight excluding hydrogens is 273 g/mol. The molecule has 0 saturated carbocycles. The molecule has 72 valence electrons. The van der Waals surface area contributed by atoms with Gasteiger partial charge in [-0.2, -0.15) is 0 Å². The summed E-state index contributed by atoms with van der Waals surface area (Å²) in [6.07, 6.45) is 0. The van der Waals surface area contributed by atoms with Gasteiger partial charge in [0.15, 0.2) is 0 Å². The Morgan fingerprint density at radius 1 is 1.33 bits per heavy atom. The van der Waals surface area contributed by atoms with E-state index in [1.54, 1.807) is 22.6 Å². The molecule has 0 aliphatic heterocycles. The molecule has 12 heavy (non-hydrogen) atoms. The van der Waals surface area contributed by atoms with Gasteiger partial charge in [0, 0.05) is 29.1 Å². The van der Waals surface area contributed by atoms with E-state index in [0.717, 1.165) is 6.54 Å². The van der Waals surface area contributed by atoms with E-state index >= 15 is 0 Å². The Kier molecular flexibility index (Phi) is 9.59. The monoisotopic (exact) mass is 287 g/mol. The van der Waals surface area contributed by atoms with Gasteiger partial charge in [0.2, 0.25) is 3.79 Å². The number of rotatable bonds is 8. The van der Waals surface area contributed by atoms with Gasteiger partial charge in [-0.1, -0.05) is 0 Å². The fourth-order valence-electron chi connectivity index (χ4n) is 0.547. The highest BCUT2D eigenvalue weighted by molar-refractivity contribution is 14.1. The highest BCUT2D eigenvalue weighted by atomic mass is 127. The van der Waals surface area contributed by atoms with Crippen molar-refractivity contribution in [2.45, 2.75) is 0 Å². The van der Waals surface area contributed by atoms with E-state index in [2.05, 4.69) is 5.32 Å². The molecule has 0 spiro atoms. The van der Waals surface area contributed by atoms with E-state index in [9.17, 15) is 4.79 Å². The van der Waals surface area contributed by atoms with Crippen molar-refractivity contribution in [1.82, 2.24) is 5.32 Å². The summed E-state index contributed by atoms with van der Waals surface area (Å²) in [7, 11) is 1.87. The summed E-state index contributed by atoms with van der Waals surface area (Å²) in [5.74, 6) is 0. The predicted octanol–water partition coefficient (Wildman–Crippen LogP) is 0.201. The molecule has 1 N–H and O–H groups in total. The van der Waals surface area contributed by atoms with Crippen molar-refractivity contribution in [1.29, 1.82) is 0 Å². The smallest absolute Gasteiger partial charge is 0.217 e. The Balaban J connectivity index is 2.86. The third kappa shape index (κ3) is 10.3. The molecule has 0 atom stereocenters. The second kappa shape index (κ2) is 9.37. The molecule has 4 nitrogen and oxygen atoms in total. The van der Waals surface area contributed by atoms with Gasteiger partial charge < -0.3 is 14.8 Å². The molecule has 0 saturated heterocycles. The second-order valence-electron chi connectivity index (χ2n) is 2.12. The Bertz CT molecular complexity index is 121. The van der Waals surface area contributed by atoms with E-state index < -0.39 is 0 Å². The summed E-state index contributed by atoms with van der Waals surface area (Å²) >= 11 is 1.70. The van der Waals surface area contributed by atoms with Crippen LogP contribution in [0.1, 0.15) is 0 Å². The molecular formula is C7H14INO3. The molecule has 0 unspecified atom stereocenters. The molecule has 0 aromatic carbocycles. The van der Waals surface area contributed by atoms with Crippen LogP contribution in [0.2, 0.25) is 0 Å². The zero-order valence-electron chi connectivity index (χ0n) is 7.14. The zero-order chi connectivity index (χ0) is 9.23. The molecule has 5 heteroatoms. The molecule has 0 heterocycles. The Hall–Kier alpha value is 0.280. The van der Waals surface area contributed by atoms with Crippen LogP contribution in [0.5, 0.6) is 0 Å². The lowest BCUT2D eigenvalue weighted by Gasteiger charge is -2.03. The van der Waals surface area contributed by atoms with Gasteiger partial charge in [-0.25, -0.2) is 0 Å². The molecule has 0 aromatic heterocycles. The van der Waals surface area contributed by atoms with Crippen molar-refractivity contribution in [2.24, 2.45) is 0 Å². The van der Waals surface area contributed by atoms with Gasteiger partial charge in [-0.05, 0) is 7.05 Å². The third-order valence-corrected chi connectivity index (χ3v) is 1.40. The first-order valence-corrected chi connectivity index (χ1v) is 4.83. The van der Waals surface area contributed by atoms with E-state index in [0.29, 0.717) is 19.8 Å². The van der Waals surface area contributed by atoms with Gasteiger partial charge in [-0.15, -0.1) is 0 Å². The zero-order valence-corrected chi connectivity index (χ0v) is 9.30. The van der Waals surface area contributed by atoms with Crippen molar-refractivity contribution < 1.29 is 14.3 Å². The SMILES string of the molecule is CNCCOCCOCC(=O)I. The topological polar surface area (TPSA) is 47.6 Å². The number of hydrogen-bond donors (Lipinski definition) is 1. The van der Waals surface area contributed by atoms with Crippen LogP contribution in [-0.4, -0.2) is 43.8 Å². The van der Waals surface area contributed by atoms with Crippen LogP contribution in [0.3, 0.4) is 0 Å². The first kappa shape index (κ1) is 12.3. The fourth-order valence-corrected chi connectivity index (χ4v) is 0.767. The largest absolute Gasteiger partial charge is 0.378 e. The minimum Gasteiger partial charge on any atom is -0.378 e. The minimum atomic E-state index is 0.0165. The normalized spacial score (nSPS) is 10.2. The van der Waals surface area contributed by atoms with E-state index in [1.165, 1.54) is 0 Å². The second-order valence-corrected chi connectivity index (χ2v) is 3.33. The van der Waals surface area contributed by atoms with Gasteiger partial charge in [-0.3, -0.25) is 4.79 Å². The predicted molar refractivity (Wildman–Crippen MR) is 54.6 cm³/mol. The highest BCUT2D eigenvalue weighted by Gasteiger charge is 1.93. The number of hydrogen-bond acceptors (Lipinski definition) is 4. The van der Waals surface area contributed by atoms with Crippen molar-refractivity contribution in [2.75, 3.05) is 40.0 Å². The molecule has 0 aliphatic carbocycles. The number of nitrogens with one attached hydrogen (secondary N) is 1. The number of carbonyl (C=O) groups excluding carboxylic acids is 1. The van der Waals surface area contributed by atoms with Gasteiger partial charge >= 0.3 is 0 Å². The van der Waals surface area contributed by atoms with Gasteiger partial charge in [0.1, 0.15) is 6.61 Å². The molecule has 0 aromatic rings. The van der Waals surface area contributed by atoms with E-state index in [1.807, 2.05) is 7.05 Å². The summed E-state index contributed by atoms with van der Waals surface area (Å²) in [5, 5.41) is 2.96. The Labute approximate surface area is 86.1 Å². The average molecular weight is 287 g/mol. The molecule has 0 rings (SSSR count). The average Bonchev–Trinajstić information content (AvgIpc) is 2.02. The summed E-state index contributed by atoms with van der Waals surface area (Å²) in [4.78, 5) is 10.4. The van der Waals surface area contributed by atoms with E-state index in [-0.39, 0.29) is 10.4 Å². The van der Waals surface area contributed by atoms with Crippen molar-refractivity contribution in [3.63, 3.8) is 0 Å². The fraction of sp³-hybridized carbons (Fsp3) is 0.857. The van der Waals surface area contributed by atoms with Crippen molar-refractivity contribution >= 4 is 26.4 Å². The van der Waals surface area contributed by atoms with Crippen LogP contribution in [-0.2, 0) is 14.3 Å². The lowest BCUT2D eigenvalue weighted by Crippen LogP contribution is -2.16. The van der Waals surface area contributed by atoms with Crippen LogP contribution in [0.25, 0.3) is 0 Å². The first-order chi connectivity index (χ1) is 5.77. The van der Waals surface area contributed by atoms with Crippen LogP contribution in [0, 0.1) is 0 Å². The minimum absolute atomic E-state index is 0.0165. The van der Waals surface area contributed by atoms with Crippen molar-refractivity contribution in [3.05, 3.63) is 0 Å². The first-order valence-electron chi connectivity index (χ1n) is 3.75. The summed E-state index contributed by atoms with van der Waals surface area (Å²) in [5.41, 5.74) is 0. The number of halogens is 1. The maximum Gasteiger partial charge on any atom is 0.217 e. The van der Waals surface area contributed by atoms with Crippen LogP contribution < -0.4 is 5.32 Å².